The standard InChI is InChI=1S/C15H22O/c1-10-13-5-4-12(9-16)15(13)7-6-11(8-15)14(10,2)3/h9,11-13H,1,4-8H2,2-3H3/t11-,12+,13-,15-/m1/s1. The minimum atomic E-state index is 0.308. The van der Waals surface area contributed by atoms with Crippen LogP contribution in [0.1, 0.15) is 46.0 Å². The summed E-state index contributed by atoms with van der Waals surface area (Å²) in [6.45, 7) is 9.13. The number of allylic oxidation sites excluding steroid dienone is 1. The van der Waals surface area contributed by atoms with Gasteiger partial charge in [-0.15, -0.1) is 0 Å². The molecule has 0 aromatic rings. The number of aldehydes is 1. The molecular formula is C15H22O. The van der Waals surface area contributed by atoms with E-state index in [4.69, 9.17) is 0 Å². The highest BCUT2D eigenvalue weighted by Gasteiger charge is 2.61. The summed E-state index contributed by atoms with van der Waals surface area (Å²) < 4.78 is 0. The van der Waals surface area contributed by atoms with Gasteiger partial charge in [0, 0.05) is 5.92 Å². The summed E-state index contributed by atoms with van der Waals surface area (Å²) in [5.41, 5.74) is 2.09. The Morgan fingerprint density at radius 2 is 2.06 bits per heavy atom. The normalized spacial score (nSPS) is 49.1. The third-order valence-corrected chi connectivity index (χ3v) is 6.22. The molecule has 0 amide bonds. The van der Waals surface area contributed by atoms with Crippen LogP contribution in [0, 0.1) is 28.6 Å². The first-order valence-electron chi connectivity index (χ1n) is 6.67. The summed E-state index contributed by atoms with van der Waals surface area (Å²) in [5.74, 6) is 1.74. The number of hydrogen-bond donors (Lipinski definition) is 0. The van der Waals surface area contributed by atoms with Crippen LogP contribution in [-0.4, -0.2) is 6.29 Å². The highest BCUT2D eigenvalue weighted by Crippen LogP contribution is 2.69. The van der Waals surface area contributed by atoms with Crippen molar-refractivity contribution in [1.82, 2.24) is 0 Å². The average molecular weight is 218 g/mol. The van der Waals surface area contributed by atoms with Gasteiger partial charge >= 0.3 is 0 Å². The third kappa shape index (κ3) is 1.00. The van der Waals surface area contributed by atoms with Gasteiger partial charge in [0.15, 0.2) is 0 Å². The highest BCUT2D eigenvalue weighted by molar-refractivity contribution is 5.57. The van der Waals surface area contributed by atoms with Crippen molar-refractivity contribution < 1.29 is 4.79 Å². The quantitative estimate of drug-likeness (QED) is 0.485. The molecule has 88 valence electrons. The van der Waals surface area contributed by atoms with Crippen molar-refractivity contribution >= 4 is 6.29 Å². The predicted octanol–water partition coefficient (Wildman–Crippen LogP) is 3.59. The summed E-state index contributed by atoms with van der Waals surface area (Å²) in [5, 5.41) is 0. The van der Waals surface area contributed by atoms with Crippen LogP contribution in [0.5, 0.6) is 0 Å². The number of fused-ring (bicyclic) bond motifs is 1. The lowest BCUT2D eigenvalue weighted by Gasteiger charge is -2.48. The van der Waals surface area contributed by atoms with E-state index in [2.05, 4.69) is 20.4 Å². The van der Waals surface area contributed by atoms with Crippen LogP contribution in [0.2, 0.25) is 0 Å². The Hall–Kier alpha value is -0.590. The molecule has 0 aliphatic heterocycles. The molecule has 0 unspecified atom stereocenters. The Morgan fingerprint density at radius 3 is 2.75 bits per heavy atom. The number of carbonyl (C=O) groups is 1. The molecule has 1 heteroatoms. The van der Waals surface area contributed by atoms with Crippen molar-refractivity contribution in [2.24, 2.45) is 28.6 Å². The lowest BCUT2D eigenvalue weighted by molar-refractivity contribution is -0.114. The summed E-state index contributed by atoms with van der Waals surface area (Å²) in [7, 11) is 0. The first kappa shape index (κ1) is 10.6. The van der Waals surface area contributed by atoms with Gasteiger partial charge in [-0.05, 0) is 54.8 Å². The molecule has 3 aliphatic carbocycles. The van der Waals surface area contributed by atoms with Gasteiger partial charge < -0.3 is 4.79 Å². The largest absolute Gasteiger partial charge is 0.303 e. The molecule has 3 aliphatic rings. The van der Waals surface area contributed by atoms with Crippen molar-refractivity contribution in [2.75, 3.05) is 0 Å². The second kappa shape index (κ2) is 3.00. The molecule has 3 fully saturated rings. The Kier molecular flexibility index (Phi) is 1.98. The Labute approximate surface area is 98.3 Å². The van der Waals surface area contributed by atoms with Gasteiger partial charge in [0.25, 0.3) is 0 Å². The molecule has 2 bridgehead atoms. The van der Waals surface area contributed by atoms with Gasteiger partial charge in [0.1, 0.15) is 6.29 Å². The molecule has 0 heterocycles. The average Bonchev–Trinajstić information content (AvgIpc) is 2.81. The second-order valence-corrected chi connectivity index (χ2v) is 6.79. The van der Waals surface area contributed by atoms with Crippen LogP contribution in [0.25, 0.3) is 0 Å². The van der Waals surface area contributed by atoms with Gasteiger partial charge in [-0.3, -0.25) is 0 Å². The topological polar surface area (TPSA) is 17.1 Å². The van der Waals surface area contributed by atoms with Crippen LogP contribution in [0.3, 0.4) is 0 Å². The van der Waals surface area contributed by atoms with Crippen LogP contribution in [-0.2, 0) is 4.79 Å². The maximum Gasteiger partial charge on any atom is 0.123 e. The SMILES string of the molecule is C=C1[C@H]2CC[C@@H](C=O)[C@]23CC[C@H](C3)C1(C)C. The summed E-state index contributed by atoms with van der Waals surface area (Å²) in [6.07, 6.45) is 7.43. The molecule has 0 radical (unpaired) electrons. The number of hydrogen-bond acceptors (Lipinski definition) is 1. The van der Waals surface area contributed by atoms with E-state index < -0.39 is 0 Å². The molecular weight excluding hydrogens is 196 g/mol. The molecule has 3 rings (SSSR count). The summed E-state index contributed by atoms with van der Waals surface area (Å²) >= 11 is 0. The van der Waals surface area contributed by atoms with E-state index in [1.54, 1.807) is 0 Å². The molecule has 0 saturated heterocycles. The van der Waals surface area contributed by atoms with E-state index in [0.717, 1.165) is 12.3 Å². The van der Waals surface area contributed by atoms with Crippen molar-refractivity contribution in [3.63, 3.8) is 0 Å². The minimum Gasteiger partial charge on any atom is -0.303 e. The van der Waals surface area contributed by atoms with Crippen LogP contribution < -0.4 is 0 Å². The fourth-order valence-electron chi connectivity index (χ4n) is 4.99. The van der Waals surface area contributed by atoms with E-state index in [1.807, 2.05) is 0 Å². The molecule has 0 aromatic heterocycles. The maximum absolute atomic E-state index is 11.3. The monoisotopic (exact) mass is 218 g/mol. The highest BCUT2D eigenvalue weighted by atomic mass is 16.1. The minimum absolute atomic E-state index is 0.308. The van der Waals surface area contributed by atoms with E-state index >= 15 is 0 Å². The molecule has 1 spiro atoms. The van der Waals surface area contributed by atoms with Crippen molar-refractivity contribution in [3.05, 3.63) is 12.2 Å². The number of carbonyl (C=O) groups excluding carboxylic acids is 1. The van der Waals surface area contributed by atoms with Gasteiger partial charge in [-0.2, -0.15) is 0 Å². The second-order valence-electron chi connectivity index (χ2n) is 6.79. The Balaban J connectivity index is 2.06. The third-order valence-electron chi connectivity index (χ3n) is 6.22. The number of rotatable bonds is 1. The fraction of sp³-hybridized carbons (Fsp3) is 0.800. The Bertz CT molecular complexity index is 354. The van der Waals surface area contributed by atoms with Gasteiger partial charge in [0.2, 0.25) is 0 Å². The Morgan fingerprint density at radius 1 is 1.31 bits per heavy atom. The fourth-order valence-corrected chi connectivity index (χ4v) is 4.99. The zero-order valence-electron chi connectivity index (χ0n) is 10.5. The van der Waals surface area contributed by atoms with Crippen molar-refractivity contribution in [2.45, 2.75) is 46.0 Å². The van der Waals surface area contributed by atoms with Gasteiger partial charge in [-0.25, -0.2) is 0 Å². The summed E-state index contributed by atoms with van der Waals surface area (Å²) in [6, 6.07) is 0. The van der Waals surface area contributed by atoms with Crippen molar-refractivity contribution in [1.29, 1.82) is 0 Å². The smallest absolute Gasteiger partial charge is 0.123 e. The molecule has 4 atom stereocenters. The maximum atomic E-state index is 11.3. The summed E-state index contributed by atoms with van der Waals surface area (Å²) in [4.78, 5) is 11.3. The lowest BCUT2D eigenvalue weighted by Crippen LogP contribution is -2.41. The van der Waals surface area contributed by atoms with Crippen LogP contribution >= 0.6 is 0 Å². The first-order chi connectivity index (χ1) is 7.52. The molecule has 16 heavy (non-hydrogen) atoms. The van der Waals surface area contributed by atoms with E-state index in [-0.39, 0.29) is 0 Å². The first-order valence-corrected chi connectivity index (χ1v) is 6.67. The van der Waals surface area contributed by atoms with Crippen molar-refractivity contribution in [3.8, 4) is 0 Å². The lowest BCUT2D eigenvalue weighted by atomic mass is 9.56. The zero-order chi connectivity index (χ0) is 11.6. The van der Waals surface area contributed by atoms with Gasteiger partial charge in [0.05, 0.1) is 0 Å². The molecule has 3 saturated carbocycles. The predicted molar refractivity (Wildman–Crippen MR) is 65.0 cm³/mol. The van der Waals surface area contributed by atoms with E-state index in [1.165, 1.54) is 37.5 Å². The molecule has 0 aromatic carbocycles. The zero-order valence-corrected chi connectivity index (χ0v) is 10.5. The van der Waals surface area contributed by atoms with Crippen LogP contribution in [0.4, 0.5) is 0 Å². The molecule has 1 nitrogen and oxygen atoms in total. The van der Waals surface area contributed by atoms with E-state index in [9.17, 15) is 4.79 Å². The van der Waals surface area contributed by atoms with E-state index in [0.29, 0.717) is 22.7 Å². The van der Waals surface area contributed by atoms with Gasteiger partial charge in [-0.1, -0.05) is 26.0 Å². The van der Waals surface area contributed by atoms with Crippen LogP contribution in [0.15, 0.2) is 12.2 Å². The molecule has 0 N–H and O–H groups in total.